The van der Waals surface area contributed by atoms with E-state index in [1.54, 1.807) is 32.1 Å². The molecular weight excluding hydrogens is 460 g/mol. The predicted molar refractivity (Wildman–Crippen MR) is 143 cm³/mol. The highest BCUT2D eigenvalue weighted by Crippen LogP contribution is 2.33. The van der Waals surface area contributed by atoms with E-state index in [9.17, 15) is 19.8 Å². The molecule has 0 saturated heterocycles. The Morgan fingerprint density at radius 3 is 2.46 bits per heavy atom. The van der Waals surface area contributed by atoms with Gasteiger partial charge in [-0.1, -0.05) is 39.3 Å². The molecule has 0 bridgehead atoms. The van der Waals surface area contributed by atoms with Crippen LogP contribution >= 0.6 is 11.3 Å². The summed E-state index contributed by atoms with van der Waals surface area (Å²) in [6.45, 7) is 15.0. The van der Waals surface area contributed by atoms with Gasteiger partial charge in [-0.15, -0.1) is 11.3 Å². The van der Waals surface area contributed by atoms with Crippen molar-refractivity contribution in [3.63, 3.8) is 0 Å². The second kappa shape index (κ2) is 11.9. The molecule has 5 atom stereocenters. The van der Waals surface area contributed by atoms with Gasteiger partial charge in [0.2, 0.25) is 5.91 Å². The second-order valence-electron chi connectivity index (χ2n) is 11.2. The van der Waals surface area contributed by atoms with Gasteiger partial charge < -0.3 is 15.5 Å². The summed E-state index contributed by atoms with van der Waals surface area (Å²) in [5.41, 5.74) is 1.22. The maximum absolute atomic E-state index is 13.2. The first kappa shape index (κ1) is 29.4. The lowest BCUT2D eigenvalue weighted by atomic mass is 9.72. The molecule has 0 spiro atoms. The molecule has 0 saturated carbocycles. The highest BCUT2D eigenvalue weighted by atomic mass is 32.1. The Balaban J connectivity index is 2.41. The minimum Gasteiger partial charge on any atom is -0.392 e. The number of aryl methyl sites for hydroxylation is 1. The molecule has 1 aromatic rings. The fraction of sp³-hybridized carbons (Fsp3) is 0.679. The molecular formula is C28H44N2O4S. The number of aromatic nitrogens is 1. The third-order valence-corrected chi connectivity index (χ3v) is 8.52. The summed E-state index contributed by atoms with van der Waals surface area (Å²) in [4.78, 5) is 30.9. The molecule has 6 nitrogen and oxygen atoms in total. The maximum atomic E-state index is 13.2. The molecule has 35 heavy (non-hydrogen) atoms. The molecule has 3 N–H and O–H groups in total. The molecule has 1 aromatic heterocycles. The Kier molecular flexibility index (Phi) is 10.0. The van der Waals surface area contributed by atoms with Crippen LogP contribution in [0.25, 0.3) is 6.08 Å². The van der Waals surface area contributed by atoms with Crippen molar-refractivity contribution in [3.05, 3.63) is 33.3 Å². The van der Waals surface area contributed by atoms with Crippen molar-refractivity contribution in [2.75, 3.05) is 0 Å². The van der Waals surface area contributed by atoms with Crippen molar-refractivity contribution in [2.24, 2.45) is 17.3 Å². The number of aliphatic hydroxyl groups is 2. The minimum atomic E-state index is -1.17. The molecule has 0 unspecified atom stereocenters. The quantitative estimate of drug-likeness (QED) is 0.479. The summed E-state index contributed by atoms with van der Waals surface area (Å²) in [6, 6.07) is 0. The van der Waals surface area contributed by atoms with Gasteiger partial charge in [0.1, 0.15) is 5.78 Å². The standard InChI is InChI=1S/C28H44N2O4S/c1-17-10-9-11-18(2)25(33)20(4)26(34)27(6,7)23(31)15-24(32)30-28(8,13-12-17)19(3)14-22-16-35-21(5)29-22/h12,14,16,18,20,23,25,31,33H,9-11,13,15H2,1-8H3,(H,30,32)/b17-12-,19-14?/t18-,20-,23+,25-,28-/m0/s1. The van der Waals surface area contributed by atoms with Crippen molar-refractivity contribution in [2.45, 2.75) is 105 Å². The molecule has 0 aromatic carbocycles. The van der Waals surface area contributed by atoms with Gasteiger partial charge in [-0.25, -0.2) is 4.98 Å². The summed E-state index contributed by atoms with van der Waals surface area (Å²) in [7, 11) is 0. The van der Waals surface area contributed by atoms with Crippen LogP contribution < -0.4 is 5.32 Å². The molecule has 0 fully saturated rings. The Hall–Kier alpha value is -1.83. The largest absolute Gasteiger partial charge is 0.392 e. The zero-order valence-electron chi connectivity index (χ0n) is 22.6. The molecule has 196 valence electrons. The first-order chi connectivity index (χ1) is 16.2. The first-order valence-electron chi connectivity index (χ1n) is 12.7. The topological polar surface area (TPSA) is 99.5 Å². The van der Waals surface area contributed by atoms with Crippen molar-refractivity contribution >= 4 is 29.1 Å². The van der Waals surface area contributed by atoms with E-state index in [1.807, 2.05) is 39.2 Å². The van der Waals surface area contributed by atoms with Crippen molar-refractivity contribution in [3.8, 4) is 0 Å². The van der Waals surface area contributed by atoms with Crippen LogP contribution in [-0.4, -0.2) is 44.6 Å². The normalized spacial score (nSPS) is 33.7. The van der Waals surface area contributed by atoms with Gasteiger partial charge in [0.05, 0.1) is 40.3 Å². The number of nitrogens with one attached hydrogen (secondary N) is 1. The number of thiazole rings is 1. The second-order valence-corrected chi connectivity index (χ2v) is 12.3. The Morgan fingerprint density at radius 1 is 1.20 bits per heavy atom. The lowest BCUT2D eigenvalue weighted by Crippen LogP contribution is -2.50. The Bertz CT molecular complexity index is 964. The number of aliphatic hydroxyl groups excluding tert-OH is 2. The van der Waals surface area contributed by atoms with Crippen LogP contribution in [0.5, 0.6) is 0 Å². The SMILES string of the molecule is CC(=Cc1csc(C)n1)[C@]1(C)C/C=C(/C)CCC[C@H](C)[C@H](O)[C@H](C)C(=O)C(C)(C)[C@H](O)CC(=O)N1. The molecule has 2 heterocycles. The fourth-order valence-electron chi connectivity index (χ4n) is 4.68. The summed E-state index contributed by atoms with van der Waals surface area (Å²) >= 11 is 1.58. The highest BCUT2D eigenvalue weighted by molar-refractivity contribution is 7.09. The third-order valence-electron chi connectivity index (χ3n) is 7.73. The van der Waals surface area contributed by atoms with E-state index in [1.165, 1.54) is 5.57 Å². The summed E-state index contributed by atoms with van der Waals surface area (Å²) < 4.78 is 0. The van der Waals surface area contributed by atoms with E-state index in [0.717, 1.165) is 35.5 Å². The van der Waals surface area contributed by atoms with Crippen LogP contribution in [0, 0.1) is 24.2 Å². The van der Waals surface area contributed by atoms with Crippen LogP contribution in [0.1, 0.15) is 91.3 Å². The van der Waals surface area contributed by atoms with Crippen molar-refractivity contribution < 1.29 is 19.8 Å². The fourth-order valence-corrected chi connectivity index (χ4v) is 5.25. The molecule has 1 aliphatic rings. The summed E-state index contributed by atoms with van der Waals surface area (Å²) in [5, 5.41) is 27.9. The van der Waals surface area contributed by atoms with Crippen LogP contribution in [0.4, 0.5) is 0 Å². The van der Waals surface area contributed by atoms with E-state index < -0.39 is 29.1 Å². The minimum absolute atomic E-state index is 0.0390. The molecule has 1 aliphatic heterocycles. The van der Waals surface area contributed by atoms with Gasteiger partial charge in [0.25, 0.3) is 0 Å². The van der Waals surface area contributed by atoms with Crippen LogP contribution in [0.2, 0.25) is 0 Å². The van der Waals surface area contributed by atoms with Crippen LogP contribution in [0.3, 0.4) is 0 Å². The number of hydrogen-bond acceptors (Lipinski definition) is 6. The zero-order chi connectivity index (χ0) is 26.6. The zero-order valence-corrected chi connectivity index (χ0v) is 23.5. The van der Waals surface area contributed by atoms with Crippen molar-refractivity contribution in [1.82, 2.24) is 10.3 Å². The number of nitrogens with zero attached hydrogens (tertiary/aromatic N) is 1. The highest BCUT2D eigenvalue weighted by Gasteiger charge is 2.42. The summed E-state index contributed by atoms with van der Waals surface area (Å²) in [5.74, 6) is -1.21. The Labute approximate surface area is 214 Å². The maximum Gasteiger partial charge on any atom is 0.223 e. The van der Waals surface area contributed by atoms with Crippen LogP contribution in [-0.2, 0) is 9.59 Å². The molecule has 7 heteroatoms. The first-order valence-corrected chi connectivity index (χ1v) is 13.5. The van der Waals surface area contributed by atoms with Gasteiger partial charge in [0.15, 0.2) is 0 Å². The van der Waals surface area contributed by atoms with E-state index in [2.05, 4.69) is 23.3 Å². The van der Waals surface area contributed by atoms with Gasteiger partial charge >= 0.3 is 0 Å². The van der Waals surface area contributed by atoms with Crippen molar-refractivity contribution in [1.29, 1.82) is 0 Å². The number of hydrogen-bond donors (Lipinski definition) is 3. The van der Waals surface area contributed by atoms with Crippen LogP contribution in [0.15, 0.2) is 22.6 Å². The average Bonchev–Trinajstić information content (AvgIpc) is 3.19. The molecule has 0 radical (unpaired) electrons. The van der Waals surface area contributed by atoms with Gasteiger partial charge in [0, 0.05) is 11.3 Å². The number of carbonyl (C=O) groups is 2. The van der Waals surface area contributed by atoms with Gasteiger partial charge in [-0.3, -0.25) is 9.59 Å². The van der Waals surface area contributed by atoms with E-state index >= 15 is 0 Å². The number of rotatable bonds is 2. The van der Waals surface area contributed by atoms with Gasteiger partial charge in [-0.2, -0.15) is 0 Å². The Morgan fingerprint density at radius 2 is 1.86 bits per heavy atom. The number of amides is 1. The number of Topliss-reactive ketones (excluding diaryl/α,β-unsaturated/α-hetero) is 1. The van der Waals surface area contributed by atoms with E-state index in [0.29, 0.717) is 6.42 Å². The number of ketones is 1. The third kappa shape index (κ3) is 7.58. The predicted octanol–water partition coefficient (Wildman–Crippen LogP) is 5.23. The van der Waals surface area contributed by atoms with Gasteiger partial charge in [-0.05, 0) is 70.9 Å². The smallest absolute Gasteiger partial charge is 0.223 e. The number of allylic oxidation sites excluding steroid dienone is 1. The lowest BCUT2D eigenvalue weighted by molar-refractivity contribution is -0.143. The van der Waals surface area contributed by atoms with E-state index in [4.69, 9.17) is 0 Å². The average molecular weight is 505 g/mol. The number of carbonyl (C=O) groups excluding carboxylic acids is 2. The monoisotopic (exact) mass is 504 g/mol. The summed E-state index contributed by atoms with van der Waals surface area (Å²) in [6.07, 6.45) is 5.23. The molecule has 2 rings (SSSR count). The molecule has 0 aliphatic carbocycles. The molecule has 1 amide bonds. The van der Waals surface area contributed by atoms with E-state index in [-0.39, 0.29) is 24.0 Å². The lowest BCUT2D eigenvalue weighted by Gasteiger charge is -2.36.